The van der Waals surface area contributed by atoms with Gasteiger partial charge in [0.05, 0.1) is 0 Å². The number of aromatic amines is 1. The van der Waals surface area contributed by atoms with Crippen LogP contribution in [0.1, 0.15) is 42.5 Å². The zero-order chi connectivity index (χ0) is 17.1. The lowest BCUT2D eigenvalue weighted by atomic mass is 10.0. The van der Waals surface area contributed by atoms with Crippen molar-refractivity contribution in [1.29, 1.82) is 0 Å². The molecule has 2 aromatic rings. The minimum atomic E-state index is -1.17. The third kappa shape index (κ3) is 3.45. The SMILES string of the molecule is O=C(O)CNC(=O)c1c(=O)cc(SC2CCCCC2)n2[nH]cnc12. The average molecular weight is 350 g/mol. The second kappa shape index (κ2) is 7.08. The molecule has 9 heteroatoms. The molecule has 1 amide bonds. The maximum Gasteiger partial charge on any atom is 0.322 e. The van der Waals surface area contributed by atoms with E-state index in [-0.39, 0.29) is 11.2 Å². The summed E-state index contributed by atoms with van der Waals surface area (Å²) < 4.78 is 1.61. The molecule has 2 aromatic heterocycles. The van der Waals surface area contributed by atoms with Gasteiger partial charge in [-0.25, -0.2) is 9.50 Å². The lowest BCUT2D eigenvalue weighted by Crippen LogP contribution is -2.33. The lowest BCUT2D eigenvalue weighted by molar-refractivity contribution is -0.135. The molecule has 0 aromatic carbocycles. The number of hydrogen-bond acceptors (Lipinski definition) is 5. The maximum absolute atomic E-state index is 12.4. The minimum absolute atomic E-state index is 0.148. The Labute approximate surface area is 141 Å². The van der Waals surface area contributed by atoms with Crippen LogP contribution >= 0.6 is 11.8 Å². The molecule has 0 unspecified atom stereocenters. The van der Waals surface area contributed by atoms with Crippen LogP contribution in [0.3, 0.4) is 0 Å². The van der Waals surface area contributed by atoms with Crippen molar-refractivity contribution >= 4 is 29.3 Å². The summed E-state index contributed by atoms with van der Waals surface area (Å²) in [7, 11) is 0. The molecule has 24 heavy (non-hydrogen) atoms. The molecule has 0 radical (unpaired) electrons. The number of rotatable bonds is 5. The predicted molar refractivity (Wildman–Crippen MR) is 88.5 cm³/mol. The van der Waals surface area contributed by atoms with E-state index in [2.05, 4.69) is 15.4 Å². The van der Waals surface area contributed by atoms with Crippen molar-refractivity contribution in [3.8, 4) is 0 Å². The number of aliphatic carboxylic acids is 1. The van der Waals surface area contributed by atoms with Gasteiger partial charge < -0.3 is 10.4 Å². The van der Waals surface area contributed by atoms with Gasteiger partial charge in [-0.1, -0.05) is 19.3 Å². The standard InChI is InChI=1S/C15H18N4O4S/c20-10-6-11(24-9-4-2-1-3-5-9)19-14(17-8-18-19)13(10)15(23)16-7-12(21)22/h6,8-9H,1-5,7H2,(H,16,23)(H,17,18)(H,21,22). The third-order valence-electron chi connectivity index (χ3n) is 4.00. The fourth-order valence-corrected chi connectivity index (χ4v) is 4.20. The Morgan fingerprint density at radius 1 is 1.38 bits per heavy atom. The number of nitrogens with one attached hydrogen (secondary N) is 2. The van der Waals surface area contributed by atoms with Crippen LogP contribution in [0.2, 0.25) is 0 Å². The molecule has 1 aliphatic carbocycles. The molecule has 1 saturated carbocycles. The first kappa shape index (κ1) is 16.6. The van der Waals surface area contributed by atoms with Gasteiger partial charge in [0.15, 0.2) is 11.1 Å². The number of hydrogen-bond donors (Lipinski definition) is 3. The summed E-state index contributed by atoms with van der Waals surface area (Å²) >= 11 is 1.62. The third-order valence-corrected chi connectivity index (χ3v) is 5.34. The number of pyridine rings is 1. The molecule has 8 nitrogen and oxygen atoms in total. The molecule has 0 spiro atoms. The molecule has 0 atom stereocenters. The highest BCUT2D eigenvalue weighted by molar-refractivity contribution is 7.99. The molecule has 3 rings (SSSR count). The zero-order valence-corrected chi connectivity index (χ0v) is 13.8. The van der Waals surface area contributed by atoms with Gasteiger partial charge in [-0.15, -0.1) is 11.8 Å². The number of H-pyrrole nitrogens is 1. The Kier molecular flexibility index (Phi) is 4.89. The van der Waals surface area contributed by atoms with Crippen molar-refractivity contribution in [3.63, 3.8) is 0 Å². The lowest BCUT2D eigenvalue weighted by Gasteiger charge is -2.21. The molecular formula is C15H18N4O4S. The van der Waals surface area contributed by atoms with Gasteiger partial charge in [-0.3, -0.25) is 19.5 Å². The molecule has 128 valence electrons. The molecule has 2 heterocycles. The van der Waals surface area contributed by atoms with Crippen LogP contribution < -0.4 is 10.7 Å². The Balaban J connectivity index is 1.92. The van der Waals surface area contributed by atoms with Crippen molar-refractivity contribution in [2.75, 3.05) is 6.54 Å². The van der Waals surface area contributed by atoms with Gasteiger partial charge in [0.1, 0.15) is 23.5 Å². The van der Waals surface area contributed by atoms with Crippen LogP contribution in [-0.4, -0.2) is 43.4 Å². The summed E-state index contributed by atoms with van der Waals surface area (Å²) in [6.45, 7) is -0.548. The number of amides is 1. The van der Waals surface area contributed by atoms with Crippen LogP contribution in [0.5, 0.6) is 0 Å². The maximum atomic E-state index is 12.4. The van der Waals surface area contributed by atoms with E-state index in [0.717, 1.165) is 12.8 Å². The highest BCUT2D eigenvalue weighted by Gasteiger charge is 2.22. The second-order valence-electron chi connectivity index (χ2n) is 5.72. The highest BCUT2D eigenvalue weighted by atomic mass is 32.2. The molecule has 0 saturated heterocycles. The van der Waals surface area contributed by atoms with Crippen LogP contribution in [0.4, 0.5) is 0 Å². The molecule has 3 N–H and O–H groups in total. The first-order valence-electron chi connectivity index (χ1n) is 7.82. The van der Waals surface area contributed by atoms with Crippen molar-refractivity contribution in [3.05, 3.63) is 28.2 Å². The van der Waals surface area contributed by atoms with Crippen molar-refractivity contribution in [2.24, 2.45) is 0 Å². The van der Waals surface area contributed by atoms with E-state index >= 15 is 0 Å². The van der Waals surface area contributed by atoms with Crippen LogP contribution in [0.25, 0.3) is 5.65 Å². The molecule has 0 bridgehead atoms. The number of nitrogens with zero attached hydrogens (tertiary/aromatic N) is 2. The van der Waals surface area contributed by atoms with Gasteiger partial charge in [0, 0.05) is 11.3 Å². The van der Waals surface area contributed by atoms with Crippen molar-refractivity contribution in [2.45, 2.75) is 42.4 Å². The normalized spacial score (nSPS) is 15.5. The summed E-state index contributed by atoms with van der Waals surface area (Å²) in [5.74, 6) is -1.91. The van der Waals surface area contributed by atoms with Gasteiger partial charge >= 0.3 is 5.97 Å². The molecule has 0 aliphatic heterocycles. The smallest absolute Gasteiger partial charge is 0.322 e. The van der Waals surface area contributed by atoms with E-state index in [1.807, 2.05) is 0 Å². The average Bonchev–Trinajstić information content (AvgIpc) is 3.03. The largest absolute Gasteiger partial charge is 0.480 e. The van der Waals surface area contributed by atoms with E-state index in [9.17, 15) is 14.4 Å². The van der Waals surface area contributed by atoms with Gasteiger partial charge in [0.2, 0.25) is 0 Å². The topological polar surface area (TPSA) is 117 Å². The Morgan fingerprint density at radius 2 is 2.12 bits per heavy atom. The van der Waals surface area contributed by atoms with Crippen molar-refractivity contribution in [1.82, 2.24) is 19.9 Å². The van der Waals surface area contributed by atoms with E-state index in [0.29, 0.717) is 10.3 Å². The van der Waals surface area contributed by atoms with Gasteiger partial charge in [-0.2, -0.15) is 0 Å². The fourth-order valence-electron chi connectivity index (χ4n) is 2.87. The Bertz CT molecular complexity index is 822. The van der Waals surface area contributed by atoms with Gasteiger partial charge in [0.25, 0.3) is 5.91 Å². The van der Waals surface area contributed by atoms with E-state index in [1.54, 1.807) is 16.3 Å². The van der Waals surface area contributed by atoms with E-state index < -0.39 is 23.9 Å². The second-order valence-corrected chi connectivity index (χ2v) is 7.04. The first-order valence-corrected chi connectivity index (χ1v) is 8.70. The monoisotopic (exact) mass is 350 g/mol. The molecule has 1 fully saturated rings. The number of carbonyl (C=O) groups excluding carboxylic acids is 1. The molecule has 1 aliphatic rings. The van der Waals surface area contributed by atoms with Gasteiger partial charge in [-0.05, 0) is 12.8 Å². The minimum Gasteiger partial charge on any atom is -0.480 e. The summed E-state index contributed by atoms with van der Waals surface area (Å²) in [5, 5.41) is 14.9. The predicted octanol–water partition coefficient (Wildman–Crippen LogP) is 1.26. The summed E-state index contributed by atoms with van der Waals surface area (Å²) in [5.41, 5.74) is -0.391. The highest BCUT2D eigenvalue weighted by Crippen LogP contribution is 2.33. The number of thioether (sulfide) groups is 1. The van der Waals surface area contributed by atoms with Crippen LogP contribution in [-0.2, 0) is 4.79 Å². The number of carbonyl (C=O) groups is 2. The van der Waals surface area contributed by atoms with Crippen molar-refractivity contribution < 1.29 is 14.7 Å². The summed E-state index contributed by atoms with van der Waals surface area (Å²) in [4.78, 5) is 39.2. The zero-order valence-electron chi connectivity index (χ0n) is 12.9. The number of aromatic nitrogens is 3. The van der Waals surface area contributed by atoms with E-state index in [4.69, 9.17) is 5.11 Å². The summed E-state index contributed by atoms with van der Waals surface area (Å²) in [6, 6.07) is 1.42. The Hall–Kier alpha value is -2.29. The fraction of sp³-hybridized carbons (Fsp3) is 0.467. The quantitative estimate of drug-likeness (QED) is 0.747. The Morgan fingerprint density at radius 3 is 2.83 bits per heavy atom. The van der Waals surface area contributed by atoms with E-state index in [1.165, 1.54) is 31.7 Å². The number of fused-ring (bicyclic) bond motifs is 1. The molecular weight excluding hydrogens is 332 g/mol. The summed E-state index contributed by atoms with van der Waals surface area (Å²) in [6.07, 6.45) is 7.25. The van der Waals surface area contributed by atoms with Crippen LogP contribution in [0.15, 0.2) is 22.2 Å². The first-order chi connectivity index (χ1) is 11.6. The van der Waals surface area contributed by atoms with Crippen LogP contribution in [0, 0.1) is 0 Å². The number of carboxylic acid groups (broad SMARTS) is 1. The number of carboxylic acids is 1.